The zero-order valence-electron chi connectivity index (χ0n) is 16.4. The second kappa shape index (κ2) is 8.44. The van der Waals surface area contributed by atoms with E-state index in [1.165, 1.54) is 17.8 Å². The first-order chi connectivity index (χ1) is 15.2. The predicted octanol–water partition coefficient (Wildman–Crippen LogP) is 5.79. The maximum absolute atomic E-state index is 14.5. The van der Waals surface area contributed by atoms with E-state index in [4.69, 9.17) is 4.52 Å². The van der Waals surface area contributed by atoms with Crippen LogP contribution in [0.4, 0.5) is 4.39 Å². The number of rotatable bonds is 6. The van der Waals surface area contributed by atoms with Gasteiger partial charge in [-0.1, -0.05) is 46.7 Å². The van der Waals surface area contributed by atoms with Crippen LogP contribution in [0.2, 0.25) is 0 Å². The fourth-order valence-corrected chi connectivity index (χ4v) is 4.48. The molecule has 3 aromatic heterocycles. The van der Waals surface area contributed by atoms with E-state index in [2.05, 4.69) is 20.3 Å². The lowest BCUT2D eigenvalue weighted by molar-refractivity contribution is 0.425. The molecule has 0 aliphatic heterocycles. The molecule has 0 N–H and O–H groups in total. The number of nitrogens with zero attached hydrogens (tertiary/aromatic N) is 5. The predicted molar refractivity (Wildman–Crippen MR) is 119 cm³/mol. The van der Waals surface area contributed by atoms with Gasteiger partial charge in [0.2, 0.25) is 0 Å². The Morgan fingerprint density at radius 1 is 1.06 bits per heavy atom. The van der Waals surface area contributed by atoms with Gasteiger partial charge in [-0.3, -0.25) is 4.57 Å². The molecule has 0 saturated carbocycles. The molecule has 0 bridgehead atoms. The van der Waals surface area contributed by atoms with Crippen molar-refractivity contribution < 1.29 is 8.91 Å². The highest BCUT2D eigenvalue weighted by molar-refractivity contribution is 7.98. The number of thioether (sulfide) groups is 1. The van der Waals surface area contributed by atoms with Gasteiger partial charge in [-0.05, 0) is 42.6 Å². The topological polar surface area (TPSA) is 69.6 Å². The smallest absolute Gasteiger partial charge is 0.258 e. The van der Waals surface area contributed by atoms with Crippen molar-refractivity contribution in [3.8, 4) is 28.5 Å². The van der Waals surface area contributed by atoms with Gasteiger partial charge in [-0.25, -0.2) is 4.39 Å². The van der Waals surface area contributed by atoms with E-state index in [0.29, 0.717) is 34.0 Å². The van der Waals surface area contributed by atoms with Crippen LogP contribution in [0.3, 0.4) is 0 Å². The molecule has 2 aromatic carbocycles. The number of hydrogen-bond acceptors (Lipinski definition) is 7. The van der Waals surface area contributed by atoms with Crippen molar-refractivity contribution >= 4 is 23.1 Å². The number of halogens is 1. The molecule has 0 radical (unpaired) electrons. The zero-order valence-corrected chi connectivity index (χ0v) is 18.0. The summed E-state index contributed by atoms with van der Waals surface area (Å²) in [7, 11) is 0. The molecular weight excluding hydrogens is 433 g/mol. The maximum Gasteiger partial charge on any atom is 0.258 e. The fraction of sp³-hybridized carbons (Fsp3) is 0.0909. The molecule has 154 valence electrons. The molecule has 9 heteroatoms. The van der Waals surface area contributed by atoms with Gasteiger partial charge in [0.1, 0.15) is 5.82 Å². The molecule has 3 heterocycles. The number of benzene rings is 2. The van der Waals surface area contributed by atoms with Crippen LogP contribution in [0.25, 0.3) is 28.5 Å². The van der Waals surface area contributed by atoms with E-state index < -0.39 is 0 Å². The first-order valence-electron chi connectivity index (χ1n) is 9.44. The van der Waals surface area contributed by atoms with E-state index in [-0.39, 0.29) is 5.82 Å². The number of aryl methyl sites for hydroxylation is 1. The molecular formula is C22H16FN5OS2. The van der Waals surface area contributed by atoms with Gasteiger partial charge in [0.05, 0.1) is 16.9 Å². The van der Waals surface area contributed by atoms with Crippen LogP contribution in [0.5, 0.6) is 0 Å². The normalized spacial score (nSPS) is 11.2. The lowest BCUT2D eigenvalue weighted by Crippen LogP contribution is -2.01. The SMILES string of the molecule is Cc1ccc(-n2c(SCc3noc(-c4ccsc4)n3)nnc2-c2ccccc2F)cc1. The van der Waals surface area contributed by atoms with Crippen molar-refractivity contribution in [1.82, 2.24) is 24.9 Å². The lowest BCUT2D eigenvalue weighted by atomic mass is 10.2. The van der Waals surface area contributed by atoms with Crippen LogP contribution in [0, 0.1) is 12.7 Å². The van der Waals surface area contributed by atoms with Crippen LogP contribution >= 0.6 is 23.1 Å². The highest BCUT2D eigenvalue weighted by Gasteiger charge is 2.19. The highest BCUT2D eigenvalue weighted by atomic mass is 32.2. The molecule has 0 aliphatic rings. The van der Waals surface area contributed by atoms with Crippen molar-refractivity contribution in [2.75, 3.05) is 0 Å². The Morgan fingerprint density at radius 2 is 1.90 bits per heavy atom. The average molecular weight is 450 g/mol. The van der Waals surface area contributed by atoms with Crippen LogP contribution in [-0.4, -0.2) is 24.9 Å². The van der Waals surface area contributed by atoms with Gasteiger partial charge in [0.15, 0.2) is 16.8 Å². The number of thiophene rings is 1. The largest absolute Gasteiger partial charge is 0.334 e. The molecule has 6 nitrogen and oxygen atoms in total. The van der Waals surface area contributed by atoms with Gasteiger partial charge < -0.3 is 4.52 Å². The van der Waals surface area contributed by atoms with E-state index in [1.54, 1.807) is 29.5 Å². The quantitative estimate of drug-likeness (QED) is 0.306. The Balaban J connectivity index is 1.48. The fourth-order valence-electron chi connectivity index (χ4n) is 3.05. The Labute approximate surface area is 185 Å². The minimum Gasteiger partial charge on any atom is -0.334 e. The van der Waals surface area contributed by atoms with Gasteiger partial charge in [0, 0.05) is 11.1 Å². The first-order valence-corrected chi connectivity index (χ1v) is 11.4. The van der Waals surface area contributed by atoms with Crippen LogP contribution < -0.4 is 0 Å². The third kappa shape index (κ3) is 4.01. The third-order valence-corrected chi connectivity index (χ3v) is 6.22. The molecule has 5 rings (SSSR count). The van der Waals surface area contributed by atoms with Crippen molar-refractivity contribution in [2.24, 2.45) is 0 Å². The molecule has 0 fully saturated rings. The summed E-state index contributed by atoms with van der Waals surface area (Å²) in [5, 5.41) is 17.2. The van der Waals surface area contributed by atoms with Crippen LogP contribution in [0.1, 0.15) is 11.4 Å². The van der Waals surface area contributed by atoms with Gasteiger partial charge in [0.25, 0.3) is 5.89 Å². The second-order valence-corrected chi connectivity index (χ2v) is 8.50. The van der Waals surface area contributed by atoms with Crippen LogP contribution in [0.15, 0.2) is 75.0 Å². The van der Waals surface area contributed by atoms with Gasteiger partial charge in [-0.15, -0.1) is 10.2 Å². The Morgan fingerprint density at radius 3 is 2.68 bits per heavy atom. The molecule has 0 aliphatic carbocycles. The first kappa shape index (κ1) is 19.7. The van der Waals surface area contributed by atoms with Crippen molar-refractivity contribution in [1.29, 1.82) is 0 Å². The highest BCUT2D eigenvalue weighted by Crippen LogP contribution is 2.31. The second-order valence-electron chi connectivity index (χ2n) is 6.77. The molecule has 0 atom stereocenters. The van der Waals surface area contributed by atoms with E-state index >= 15 is 0 Å². The minimum atomic E-state index is -0.349. The van der Waals surface area contributed by atoms with E-state index in [9.17, 15) is 4.39 Å². The summed E-state index contributed by atoms with van der Waals surface area (Å²) in [5.74, 6) is 1.57. The van der Waals surface area contributed by atoms with Crippen LogP contribution in [-0.2, 0) is 5.75 Å². The summed E-state index contributed by atoms with van der Waals surface area (Å²) in [5.41, 5.74) is 3.27. The summed E-state index contributed by atoms with van der Waals surface area (Å²) in [6.45, 7) is 2.02. The zero-order chi connectivity index (χ0) is 21.2. The molecule has 0 unspecified atom stereocenters. The van der Waals surface area contributed by atoms with Gasteiger partial charge >= 0.3 is 0 Å². The molecule has 0 spiro atoms. The third-order valence-electron chi connectivity index (χ3n) is 4.61. The summed E-state index contributed by atoms with van der Waals surface area (Å²) in [6, 6.07) is 16.4. The Kier molecular flexibility index (Phi) is 5.35. The molecule has 5 aromatic rings. The maximum atomic E-state index is 14.5. The molecule has 31 heavy (non-hydrogen) atoms. The Bertz CT molecular complexity index is 1310. The van der Waals surface area contributed by atoms with E-state index in [0.717, 1.165) is 16.8 Å². The van der Waals surface area contributed by atoms with E-state index in [1.807, 2.05) is 52.6 Å². The molecule has 0 saturated heterocycles. The summed E-state index contributed by atoms with van der Waals surface area (Å²) < 4.78 is 21.7. The Hall–Kier alpha value is -3.30. The lowest BCUT2D eigenvalue weighted by Gasteiger charge is -2.10. The summed E-state index contributed by atoms with van der Waals surface area (Å²) in [6.07, 6.45) is 0. The molecule has 0 amide bonds. The number of hydrogen-bond donors (Lipinski definition) is 0. The average Bonchev–Trinajstić information content (AvgIpc) is 3.53. The van der Waals surface area contributed by atoms with Gasteiger partial charge in [-0.2, -0.15) is 16.3 Å². The van der Waals surface area contributed by atoms with Crippen molar-refractivity contribution in [2.45, 2.75) is 17.8 Å². The summed E-state index contributed by atoms with van der Waals surface area (Å²) in [4.78, 5) is 4.45. The van der Waals surface area contributed by atoms with Crippen molar-refractivity contribution in [3.63, 3.8) is 0 Å². The number of aromatic nitrogens is 5. The van der Waals surface area contributed by atoms with Crippen molar-refractivity contribution in [3.05, 3.63) is 82.6 Å². The summed E-state index contributed by atoms with van der Waals surface area (Å²) >= 11 is 2.99. The monoisotopic (exact) mass is 449 g/mol. The minimum absolute atomic E-state index is 0.349. The standard InChI is InChI=1S/C22H16FN5OS2/c1-14-6-8-16(9-7-14)28-20(17-4-2-3-5-18(17)23)25-26-22(28)31-13-19-24-21(29-27-19)15-10-11-30-12-15/h2-12H,13H2,1H3.